The molecule has 2 aromatic rings. The third-order valence-electron chi connectivity index (χ3n) is 4.09. The molecule has 2 nitrogen and oxygen atoms in total. The van der Waals surface area contributed by atoms with E-state index in [2.05, 4.69) is 37.8 Å². The van der Waals surface area contributed by atoms with Gasteiger partial charge in [0.15, 0.2) is 0 Å². The van der Waals surface area contributed by atoms with E-state index in [4.69, 9.17) is 27.9 Å². The van der Waals surface area contributed by atoms with Gasteiger partial charge in [-0.2, -0.15) is 0 Å². The summed E-state index contributed by atoms with van der Waals surface area (Å²) in [5, 5.41) is 1.12. The van der Waals surface area contributed by atoms with Crippen LogP contribution in [0.1, 0.15) is 26.3 Å². The first-order valence-electron chi connectivity index (χ1n) is 8.46. The SMILES string of the molecule is CCN(CC)CC(C)Cc1ccc(Oc2ccc(Cl)cc2Cl)cc1. The van der Waals surface area contributed by atoms with Gasteiger partial charge in [0, 0.05) is 11.6 Å². The Morgan fingerprint density at radius 2 is 1.67 bits per heavy atom. The van der Waals surface area contributed by atoms with Crippen molar-refractivity contribution in [1.82, 2.24) is 4.90 Å². The van der Waals surface area contributed by atoms with Crippen molar-refractivity contribution in [2.75, 3.05) is 19.6 Å². The molecule has 24 heavy (non-hydrogen) atoms. The summed E-state index contributed by atoms with van der Waals surface area (Å²) in [4.78, 5) is 2.46. The normalized spacial score (nSPS) is 12.4. The Morgan fingerprint density at radius 3 is 2.25 bits per heavy atom. The third-order valence-corrected chi connectivity index (χ3v) is 4.62. The molecule has 2 aromatic carbocycles. The molecular formula is C20H25Cl2NO. The van der Waals surface area contributed by atoms with Crippen molar-refractivity contribution < 1.29 is 4.74 Å². The van der Waals surface area contributed by atoms with Gasteiger partial charge in [0.25, 0.3) is 0 Å². The van der Waals surface area contributed by atoms with Crippen LogP contribution in [0.4, 0.5) is 0 Å². The highest BCUT2D eigenvalue weighted by Crippen LogP contribution is 2.31. The topological polar surface area (TPSA) is 12.5 Å². The van der Waals surface area contributed by atoms with Crippen LogP contribution in [0.2, 0.25) is 10.0 Å². The molecule has 0 radical (unpaired) electrons. The molecule has 1 atom stereocenters. The smallest absolute Gasteiger partial charge is 0.146 e. The predicted octanol–water partition coefficient (Wildman–Crippen LogP) is 6.31. The summed E-state index contributed by atoms with van der Waals surface area (Å²) in [6.45, 7) is 10.1. The molecular weight excluding hydrogens is 341 g/mol. The van der Waals surface area contributed by atoms with E-state index in [9.17, 15) is 0 Å². The fourth-order valence-electron chi connectivity index (χ4n) is 2.77. The molecule has 0 saturated carbocycles. The average Bonchev–Trinajstić information content (AvgIpc) is 2.57. The molecule has 1 unspecified atom stereocenters. The van der Waals surface area contributed by atoms with Gasteiger partial charge in [-0.05, 0) is 61.3 Å². The molecule has 0 amide bonds. The molecule has 0 saturated heterocycles. The lowest BCUT2D eigenvalue weighted by molar-refractivity contribution is 0.260. The van der Waals surface area contributed by atoms with Gasteiger partial charge < -0.3 is 9.64 Å². The van der Waals surface area contributed by atoms with Crippen LogP contribution in [0.5, 0.6) is 11.5 Å². The molecule has 2 rings (SSSR count). The van der Waals surface area contributed by atoms with E-state index in [-0.39, 0.29) is 0 Å². The lowest BCUT2D eigenvalue weighted by Crippen LogP contribution is -2.28. The molecule has 130 valence electrons. The molecule has 0 bridgehead atoms. The number of hydrogen-bond donors (Lipinski definition) is 0. The average molecular weight is 366 g/mol. The van der Waals surface area contributed by atoms with Crippen LogP contribution in [0.25, 0.3) is 0 Å². The maximum Gasteiger partial charge on any atom is 0.146 e. The Labute approximate surface area is 155 Å². The van der Waals surface area contributed by atoms with Crippen LogP contribution >= 0.6 is 23.2 Å². The van der Waals surface area contributed by atoms with Gasteiger partial charge in [0.1, 0.15) is 11.5 Å². The molecule has 0 aliphatic heterocycles. The minimum absolute atomic E-state index is 0.513. The van der Waals surface area contributed by atoms with Gasteiger partial charge in [-0.1, -0.05) is 56.1 Å². The number of hydrogen-bond acceptors (Lipinski definition) is 2. The van der Waals surface area contributed by atoms with Crippen molar-refractivity contribution in [3.8, 4) is 11.5 Å². The minimum atomic E-state index is 0.513. The number of rotatable bonds is 8. The van der Waals surface area contributed by atoms with Crippen molar-refractivity contribution in [1.29, 1.82) is 0 Å². The Kier molecular flexibility index (Phi) is 7.41. The lowest BCUT2D eigenvalue weighted by Gasteiger charge is -2.22. The van der Waals surface area contributed by atoms with E-state index in [1.165, 1.54) is 5.56 Å². The van der Waals surface area contributed by atoms with Gasteiger partial charge in [0.2, 0.25) is 0 Å². The van der Waals surface area contributed by atoms with Gasteiger partial charge in [-0.15, -0.1) is 0 Å². The zero-order valence-electron chi connectivity index (χ0n) is 14.6. The number of halogens is 2. The van der Waals surface area contributed by atoms with Crippen LogP contribution < -0.4 is 4.74 Å². The highest BCUT2D eigenvalue weighted by Gasteiger charge is 2.09. The Bertz CT molecular complexity index is 639. The standard InChI is InChI=1S/C20H25Cl2NO/c1-4-23(5-2)14-15(3)12-16-6-9-18(10-7-16)24-20-11-8-17(21)13-19(20)22/h6-11,13,15H,4-5,12,14H2,1-3H3. The van der Waals surface area contributed by atoms with E-state index in [0.717, 1.165) is 31.8 Å². The monoisotopic (exact) mass is 365 g/mol. The van der Waals surface area contributed by atoms with Gasteiger partial charge in [-0.3, -0.25) is 0 Å². The zero-order chi connectivity index (χ0) is 17.5. The number of benzene rings is 2. The fourth-order valence-corrected chi connectivity index (χ4v) is 3.22. The molecule has 0 aliphatic rings. The van der Waals surface area contributed by atoms with Crippen molar-refractivity contribution in [2.45, 2.75) is 27.2 Å². The molecule has 0 aliphatic carbocycles. The largest absolute Gasteiger partial charge is 0.456 e. The van der Waals surface area contributed by atoms with E-state index in [1.54, 1.807) is 18.2 Å². The lowest BCUT2D eigenvalue weighted by atomic mass is 10.0. The van der Waals surface area contributed by atoms with Crippen LogP contribution in [-0.2, 0) is 6.42 Å². The second kappa shape index (κ2) is 9.31. The van der Waals surface area contributed by atoms with Crippen molar-refractivity contribution in [3.63, 3.8) is 0 Å². The van der Waals surface area contributed by atoms with E-state index >= 15 is 0 Å². The van der Waals surface area contributed by atoms with Crippen molar-refractivity contribution in [3.05, 3.63) is 58.1 Å². The Morgan fingerprint density at radius 1 is 1.00 bits per heavy atom. The van der Waals surface area contributed by atoms with Crippen molar-refractivity contribution >= 4 is 23.2 Å². The molecule has 0 heterocycles. The van der Waals surface area contributed by atoms with Gasteiger partial charge in [0.05, 0.1) is 5.02 Å². The van der Waals surface area contributed by atoms with E-state index in [1.807, 2.05) is 12.1 Å². The summed E-state index contributed by atoms with van der Waals surface area (Å²) in [5.74, 6) is 2.02. The first-order valence-corrected chi connectivity index (χ1v) is 9.21. The fraction of sp³-hybridized carbons (Fsp3) is 0.400. The summed E-state index contributed by atoms with van der Waals surface area (Å²) in [6, 6.07) is 13.5. The molecule has 0 N–H and O–H groups in total. The van der Waals surface area contributed by atoms with Crippen LogP contribution in [0.3, 0.4) is 0 Å². The summed E-state index contributed by atoms with van der Waals surface area (Å²) < 4.78 is 5.82. The van der Waals surface area contributed by atoms with Gasteiger partial charge in [-0.25, -0.2) is 0 Å². The van der Waals surface area contributed by atoms with Crippen molar-refractivity contribution in [2.24, 2.45) is 5.92 Å². The molecule has 4 heteroatoms. The maximum atomic E-state index is 6.14. The number of nitrogens with zero attached hydrogens (tertiary/aromatic N) is 1. The number of ether oxygens (including phenoxy) is 1. The first-order chi connectivity index (χ1) is 11.5. The van der Waals surface area contributed by atoms with Crippen LogP contribution in [0, 0.1) is 5.92 Å². The molecule has 0 spiro atoms. The predicted molar refractivity (Wildman–Crippen MR) is 104 cm³/mol. The minimum Gasteiger partial charge on any atom is -0.456 e. The summed E-state index contributed by atoms with van der Waals surface area (Å²) >= 11 is 12.0. The zero-order valence-corrected chi connectivity index (χ0v) is 16.1. The second-order valence-electron chi connectivity index (χ2n) is 6.12. The Hall–Kier alpha value is -1.22. The van der Waals surface area contributed by atoms with Crippen LogP contribution in [0.15, 0.2) is 42.5 Å². The summed E-state index contributed by atoms with van der Waals surface area (Å²) in [7, 11) is 0. The maximum absolute atomic E-state index is 6.14. The highest BCUT2D eigenvalue weighted by atomic mass is 35.5. The highest BCUT2D eigenvalue weighted by molar-refractivity contribution is 6.35. The van der Waals surface area contributed by atoms with Crippen LogP contribution in [-0.4, -0.2) is 24.5 Å². The summed E-state index contributed by atoms with van der Waals surface area (Å²) in [6.07, 6.45) is 1.07. The molecule has 0 fully saturated rings. The van der Waals surface area contributed by atoms with E-state index < -0.39 is 0 Å². The molecule has 0 aromatic heterocycles. The van der Waals surface area contributed by atoms with Gasteiger partial charge >= 0.3 is 0 Å². The van der Waals surface area contributed by atoms with E-state index in [0.29, 0.717) is 21.7 Å². The summed E-state index contributed by atoms with van der Waals surface area (Å²) in [5.41, 5.74) is 1.32. The first kappa shape index (κ1) is 19.1. The third kappa shape index (κ3) is 5.70. The quantitative estimate of drug-likeness (QED) is 0.543. The Balaban J connectivity index is 1.95. The second-order valence-corrected chi connectivity index (χ2v) is 6.96.